The second kappa shape index (κ2) is 1.73. The first-order valence-electron chi connectivity index (χ1n) is 2.12. The largest absolute Gasteiger partial charge is 0.339 e. The topological polar surface area (TPSA) is 38.9 Å². The molecule has 3 nitrogen and oxygen atoms in total. The van der Waals surface area contributed by atoms with Crippen LogP contribution < -0.4 is 0 Å². The van der Waals surface area contributed by atoms with E-state index in [0.717, 1.165) is 6.42 Å². The SMILES string of the molecule is CCc1n[c]no1. The van der Waals surface area contributed by atoms with E-state index in [1.54, 1.807) is 0 Å². The molecule has 37 valence electrons. The van der Waals surface area contributed by atoms with Crippen LogP contribution in [-0.2, 0) is 6.42 Å². The monoisotopic (exact) mass is 97.0 g/mol. The van der Waals surface area contributed by atoms with Crippen LogP contribution in [0.3, 0.4) is 0 Å². The summed E-state index contributed by atoms with van der Waals surface area (Å²) in [4.78, 5) is 3.63. The first kappa shape index (κ1) is 4.30. The lowest BCUT2D eigenvalue weighted by Crippen LogP contribution is -1.73. The highest BCUT2D eigenvalue weighted by atomic mass is 16.5. The predicted octanol–water partition coefficient (Wildman–Crippen LogP) is 0.432. The molecule has 0 N–H and O–H groups in total. The summed E-state index contributed by atoms with van der Waals surface area (Å²) in [6.45, 7) is 1.95. The molecule has 1 heterocycles. The lowest BCUT2D eigenvalue weighted by Gasteiger charge is -1.74. The average molecular weight is 97.1 g/mol. The molecule has 0 aliphatic rings. The Balaban J connectivity index is 2.76. The first-order valence-corrected chi connectivity index (χ1v) is 2.12. The van der Waals surface area contributed by atoms with Gasteiger partial charge in [0.1, 0.15) is 0 Å². The van der Waals surface area contributed by atoms with E-state index in [1.807, 2.05) is 6.92 Å². The molecule has 1 aromatic heterocycles. The van der Waals surface area contributed by atoms with E-state index in [9.17, 15) is 0 Å². The summed E-state index contributed by atoms with van der Waals surface area (Å²) in [7, 11) is 0. The van der Waals surface area contributed by atoms with Crippen molar-refractivity contribution in [1.82, 2.24) is 10.1 Å². The van der Waals surface area contributed by atoms with E-state index in [-0.39, 0.29) is 0 Å². The fraction of sp³-hybridized carbons (Fsp3) is 0.500. The molecule has 0 amide bonds. The van der Waals surface area contributed by atoms with Crippen LogP contribution in [0.1, 0.15) is 12.8 Å². The molecule has 0 bridgehead atoms. The average Bonchev–Trinajstić information content (AvgIpc) is 2.14. The summed E-state index contributed by atoms with van der Waals surface area (Å²) < 4.78 is 4.57. The van der Waals surface area contributed by atoms with E-state index in [0.29, 0.717) is 5.89 Å². The Morgan fingerprint density at radius 3 is 3.00 bits per heavy atom. The van der Waals surface area contributed by atoms with Crippen LogP contribution in [0.5, 0.6) is 0 Å². The highest BCUT2D eigenvalue weighted by molar-refractivity contribution is 4.68. The van der Waals surface area contributed by atoms with Gasteiger partial charge in [-0.1, -0.05) is 12.1 Å². The van der Waals surface area contributed by atoms with Crippen molar-refractivity contribution in [3.05, 3.63) is 12.2 Å². The minimum absolute atomic E-state index is 0.639. The lowest BCUT2D eigenvalue weighted by molar-refractivity contribution is 0.380. The van der Waals surface area contributed by atoms with Crippen molar-refractivity contribution in [2.75, 3.05) is 0 Å². The summed E-state index contributed by atoms with van der Waals surface area (Å²) in [5, 5.41) is 3.28. The van der Waals surface area contributed by atoms with E-state index < -0.39 is 0 Å². The fourth-order valence-electron chi connectivity index (χ4n) is 0.313. The molecule has 3 heteroatoms. The minimum atomic E-state index is 0.639. The van der Waals surface area contributed by atoms with Crippen molar-refractivity contribution >= 4 is 0 Å². The summed E-state index contributed by atoms with van der Waals surface area (Å²) in [5.74, 6) is 0.639. The number of nitrogens with zero attached hydrogens (tertiary/aromatic N) is 2. The van der Waals surface area contributed by atoms with Gasteiger partial charge >= 0.3 is 0 Å². The number of rotatable bonds is 1. The molecule has 1 rings (SSSR count). The molecule has 1 aromatic rings. The van der Waals surface area contributed by atoms with Crippen molar-refractivity contribution in [3.8, 4) is 0 Å². The molecule has 0 saturated carbocycles. The van der Waals surface area contributed by atoms with E-state index >= 15 is 0 Å². The van der Waals surface area contributed by atoms with Crippen LogP contribution in [0.4, 0.5) is 0 Å². The van der Waals surface area contributed by atoms with E-state index in [1.165, 1.54) is 0 Å². The maximum absolute atomic E-state index is 4.57. The van der Waals surface area contributed by atoms with Crippen LogP contribution in [0, 0.1) is 6.33 Å². The Kier molecular flexibility index (Phi) is 1.06. The van der Waals surface area contributed by atoms with Crippen molar-refractivity contribution in [1.29, 1.82) is 0 Å². The molecule has 1 radical (unpaired) electrons. The molecule has 0 aliphatic heterocycles. The third kappa shape index (κ3) is 0.765. The third-order valence-corrected chi connectivity index (χ3v) is 0.669. The van der Waals surface area contributed by atoms with Crippen LogP contribution in [0.25, 0.3) is 0 Å². The van der Waals surface area contributed by atoms with Gasteiger partial charge in [-0.2, -0.15) is 4.98 Å². The Labute approximate surface area is 41.3 Å². The molecule has 0 spiro atoms. The molecule has 0 atom stereocenters. The Hall–Kier alpha value is -0.860. The zero-order valence-electron chi connectivity index (χ0n) is 4.01. The van der Waals surface area contributed by atoms with Gasteiger partial charge in [0, 0.05) is 6.42 Å². The van der Waals surface area contributed by atoms with E-state index in [2.05, 4.69) is 21.0 Å². The number of hydrogen-bond donors (Lipinski definition) is 0. The van der Waals surface area contributed by atoms with Crippen molar-refractivity contribution in [2.45, 2.75) is 13.3 Å². The van der Waals surface area contributed by atoms with Gasteiger partial charge in [-0.3, -0.25) is 0 Å². The zero-order chi connectivity index (χ0) is 5.11. The summed E-state index contributed by atoms with van der Waals surface area (Å²) in [6.07, 6.45) is 3.10. The quantitative estimate of drug-likeness (QED) is 0.510. The number of aromatic nitrogens is 2. The molecule has 0 saturated heterocycles. The van der Waals surface area contributed by atoms with Gasteiger partial charge in [0.2, 0.25) is 12.2 Å². The molecular weight excluding hydrogens is 92.1 g/mol. The van der Waals surface area contributed by atoms with Gasteiger partial charge < -0.3 is 4.52 Å². The minimum Gasteiger partial charge on any atom is -0.339 e. The normalized spacial score (nSPS) is 9.29. The summed E-state index contributed by atoms with van der Waals surface area (Å²) >= 11 is 0. The molecule has 0 fully saturated rings. The van der Waals surface area contributed by atoms with Gasteiger partial charge in [0.15, 0.2) is 0 Å². The van der Waals surface area contributed by atoms with Crippen LogP contribution in [-0.4, -0.2) is 10.1 Å². The predicted molar refractivity (Wildman–Crippen MR) is 22.5 cm³/mol. The third-order valence-electron chi connectivity index (χ3n) is 0.669. The molecule has 0 aromatic carbocycles. The highest BCUT2D eigenvalue weighted by Gasteiger charge is 1.89. The van der Waals surface area contributed by atoms with Crippen LogP contribution in [0.2, 0.25) is 0 Å². The fourth-order valence-corrected chi connectivity index (χ4v) is 0.313. The molecule has 7 heavy (non-hydrogen) atoms. The Morgan fingerprint density at radius 1 is 1.86 bits per heavy atom. The van der Waals surface area contributed by atoms with E-state index in [4.69, 9.17) is 0 Å². The smallest absolute Gasteiger partial charge is 0.243 e. The molecular formula is C4H5N2O. The first-order chi connectivity index (χ1) is 3.43. The summed E-state index contributed by atoms with van der Waals surface area (Å²) in [5.41, 5.74) is 0. The highest BCUT2D eigenvalue weighted by Crippen LogP contribution is 1.87. The van der Waals surface area contributed by atoms with Gasteiger partial charge in [-0.05, 0) is 0 Å². The van der Waals surface area contributed by atoms with Gasteiger partial charge in [0.05, 0.1) is 0 Å². The zero-order valence-corrected chi connectivity index (χ0v) is 4.01. The Morgan fingerprint density at radius 2 is 2.71 bits per heavy atom. The van der Waals surface area contributed by atoms with Crippen molar-refractivity contribution < 1.29 is 4.52 Å². The number of hydrogen-bond acceptors (Lipinski definition) is 3. The van der Waals surface area contributed by atoms with Crippen LogP contribution in [0.15, 0.2) is 4.52 Å². The van der Waals surface area contributed by atoms with Gasteiger partial charge in [0.25, 0.3) is 0 Å². The van der Waals surface area contributed by atoms with Gasteiger partial charge in [-0.25, -0.2) is 0 Å². The van der Waals surface area contributed by atoms with Crippen LogP contribution >= 0.6 is 0 Å². The standard InChI is InChI=1S/C4H5N2O/c1-2-4-5-3-6-7-4/h2H2,1H3. The van der Waals surface area contributed by atoms with Crippen molar-refractivity contribution in [2.24, 2.45) is 0 Å². The molecule has 0 unspecified atom stereocenters. The van der Waals surface area contributed by atoms with Gasteiger partial charge in [-0.15, -0.1) is 0 Å². The number of aryl methyl sites for hydroxylation is 1. The lowest BCUT2D eigenvalue weighted by atomic mass is 10.5. The second-order valence-corrected chi connectivity index (χ2v) is 1.14. The Bertz CT molecular complexity index is 124. The summed E-state index contributed by atoms with van der Waals surface area (Å²) in [6, 6.07) is 0. The second-order valence-electron chi connectivity index (χ2n) is 1.14. The van der Waals surface area contributed by atoms with Crippen molar-refractivity contribution in [3.63, 3.8) is 0 Å². The maximum Gasteiger partial charge on any atom is 0.243 e. The maximum atomic E-state index is 4.57. The molecule has 0 aliphatic carbocycles.